The lowest BCUT2D eigenvalue weighted by atomic mass is 9.86. The van der Waals surface area contributed by atoms with E-state index in [2.05, 4.69) is 18.2 Å². The summed E-state index contributed by atoms with van der Waals surface area (Å²) in [6, 6.07) is 18.2. The van der Waals surface area contributed by atoms with Crippen molar-refractivity contribution in [2.75, 3.05) is 4.90 Å². The van der Waals surface area contributed by atoms with Gasteiger partial charge in [0.15, 0.2) is 0 Å². The number of anilines is 1. The van der Waals surface area contributed by atoms with E-state index in [-0.39, 0.29) is 5.91 Å². The Hall–Kier alpha value is -2.09. The van der Waals surface area contributed by atoms with Crippen molar-refractivity contribution in [2.24, 2.45) is 0 Å². The Morgan fingerprint density at radius 2 is 1.07 bits per heavy atom. The molecule has 1 amide bonds. The minimum atomic E-state index is -0.425. The van der Waals surface area contributed by atoms with Crippen LogP contribution in [0.15, 0.2) is 54.6 Å². The number of carbonyl (C=O) groups excluding carboxylic acids is 1. The molecule has 0 saturated heterocycles. The summed E-state index contributed by atoms with van der Waals surface area (Å²) in [4.78, 5) is 14.5. The van der Waals surface area contributed by atoms with Crippen LogP contribution in [0.5, 0.6) is 0 Å². The van der Waals surface area contributed by atoms with Crippen LogP contribution in [0.3, 0.4) is 0 Å². The number of rotatable bonds is 2. The maximum absolute atomic E-state index is 12.6. The van der Waals surface area contributed by atoms with Crippen LogP contribution < -0.4 is 4.90 Å². The highest BCUT2D eigenvalue weighted by Gasteiger charge is 2.43. The van der Waals surface area contributed by atoms with Crippen LogP contribution in [0.25, 0.3) is 0 Å². The van der Waals surface area contributed by atoms with Crippen molar-refractivity contribution in [1.82, 2.24) is 0 Å². The van der Waals surface area contributed by atoms with Crippen molar-refractivity contribution in [3.63, 3.8) is 0 Å². The summed E-state index contributed by atoms with van der Waals surface area (Å²) >= 11 is 0. The van der Waals surface area contributed by atoms with Gasteiger partial charge in [-0.1, -0.05) is 118 Å². The van der Waals surface area contributed by atoms with Crippen LogP contribution >= 0.6 is 0 Å². The lowest BCUT2D eigenvalue weighted by Gasteiger charge is -2.20. The van der Waals surface area contributed by atoms with Crippen LogP contribution in [0.1, 0.15) is 94.2 Å². The first-order valence-electron chi connectivity index (χ1n) is 11.6. The molecule has 0 saturated carbocycles. The molecular weight excluding hydrogens is 354 g/mol. The Balaban J connectivity index is -0.000000594. The van der Waals surface area contributed by atoms with E-state index in [0.29, 0.717) is 6.54 Å². The largest absolute Gasteiger partial charge is 0.307 e. The van der Waals surface area contributed by atoms with Crippen molar-refractivity contribution < 1.29 is 4.79 Å². The van der Waals surface area contributed by atoms with E-state index in [0.717, 1.165) is 16.8 Å². The van der Waals surface area contributed by atoms with Gasteiger partial charge in [0, 0.05) is 5.69 Å². The minimum Gasteiger partial charge on any atom is -0.307 e. The van der Waals surface area contributed by atoms with Crippen LogP contribution in [0, 0.1) is 0 Å². The predicted octanol–water partition coefficient (Wildman–Crippen LogP) is 8.64. The fourth-order valence-electron chi connectivity index (χ4n) is 2.72. The molecule has 166 valence electrons. The molecule has 0 fully saturated rings. The summed E-state index contributed by atoms with van der Waals surface area (Å²) in [7, 11) is 0. The van der Waals surface area contributed by atoms with Crippen molar-refractivity contribution >= 4 is 11.6 Å². The molecule has 0 spiro atoms. The zero-order valence-corrected chi connectivity index (χ0v) is 21.3. The highest BCUT2D eigenvalue weighted by atomic mass is 16.2. The first-order valence-corrected chi connectivity index (χ1v) is 11.6. The normalized spacial score (nSPS) is 11.9. The van der Waals surface area contributed by atoms with Crippen LogP contribution in [0.4, 0.5) is 5.69 Å². The van der Waals surface area contributed by atoms with Gasteiger partial charge in [0.2, 0.25) is 5.91 Å². The molecule has 2 heteroatoms. The third-order valence-electron chi connectivity index (χ3n) is 3.83. The monoisotopic (exact) mass is 401 g/mol. The number of hydrogen-bond acceptors (Lipinski definition) is 1. The van der Waals surface area contributed by atoms with E-state index in [4.69, 9.17) is 0 Å². The zero-order chi connectivity index (χ0) is 23.5. The molecule has 2 aromatic rings. The van der Waals surface area contributed by atoms with Crippen molar-refractivity contribution in [2.45, 2.75) is 95.0 Å². The average molecular weight is 402 g/mol. The number of carbonyl (C=O) groups is 1. The molecule has 0 bridgehead atoms. The van der Waals surface area contributed by atoms with E-state index in [1.165, 1.54) is 0 Å². The molecule has 0 aromatic heterocycles. The highest BCUT2D eigenvalue weighted by molar-refractivity contribution is 6.07. The standard InChI is InChI=1S/C17H17NO.5C2H6/c1-17(2)14-10-6-7-11-15(14)18(16(17)19)12-13-8-4-3-5-9-13;5*1-2/h3-11H,12H2,1-2H3;5*1-2H3. The van der Waals surface area contributed by atoms with E-state index in [1.807, 2.05) is 124 Å². The lowest BCUT2D eigenvalue weighted by molar-refractivity contribution is -0.122. The van der Waals surface area contributed by atoms with E-state index >= 15 is 0 Å². The van der Waals surface area contributed by atoms with E-state index in [9.17, 15) is 4.79 Å². The predicted molar refractivity (Wildman–Crippen MR) is 134 cm³/mol. The van der Waals surface area contributed by atoms with Gasteiger partial charge in [0.1, 0.15) is 0 Å². The number of para-hydroxylation sites is 1. The van der Waals surface area contributed by atoms with Crippen molar-refractivity contribution in [1.29, 1.82) is 0 Å². The summed E-state index contributed by atoms with van der Waals surface area (Å²) in [5.74, 6) is 0.178. The van der Waals surface area contributed by atoms with Gasteiger partial charge in [-0.2, -0.15) is 0 Å². The number of amides is 1. The Morgan fingerprint density at radius 3 is 1.55 bits per heavy atom. The number of benzene rings is 2. The highest BCUT2D eigenvalue weighted by Crippen LogP contribution is 2.41. The zero-order valence-electron chi connectivity index (χ0n) is 21.3. The number of fused-ring (bicyclic) bond motifs is 1. The second-order valence-electron chi connectivity index (χ2n) is 5.52. The average Bonchev–Trinajstić information content (AvgIpc) is 3.02. The molecule has 1 aliphatic heterocycles. The molecule has 1 heterocycles. The van der Waals surface area contributed by atoms with E-state index < -0.39 is 5.41 Å². The van der Waals surface area contributed by atoms with Crippen molar-refractivity contribution in [3.8, 4) is 0 Å². The molecule has 2 nitrogen and oxygen atoms in total. The molecule has 29 heavy (non-hydrogen) atoms. The van der Waals surface area contributed by atoms with Crippen molar-refractivity contribution in [3.05, 3.63) is 65.7 Å². The number of nitrogens with zero attached hydrogens (tertiary/aromatic N) is 1. The van der Waals surface area contributed by atoms with Gasteiger partial charge in [-0.05, 0) is 31.0 Å². The maximum Gasteiger partial charge on any atom is 0.237 e. The second kappa shape index (κ2) is 19.2. The first kappa shape index (κ1) is 31.6. The summed E-state index contributed by atoms with van der Waals surface area (Å²) in [6.45, 7) is 24.6. The molecule has 3 rings (SSSR count). The Morgan fingerprint density at radius 1 is 0.655 bits per heavy atom. The molecular formula is C27H47NO. The van der Waals surface area contributed by atoms with Gasteiger partial charge < -0.3 is 4.90 Å². The van der Waals surface area contributed by atoms with Crippen LogP contribution in [0.2, 0.25) is 0 Å². The summed E-state index contributed by atoms with van der Waals surface area (Å²) in [5.41, 5.74) is 2.89. The minimum absolute atomic E-state index is 0.178. The fraction of sp³-hybridized carbons (Fsp3) is 0.519. The molecule has 0 radical (unpaired) electrons. The smallest absolute Gasteiger partial charge is 0.237 e. The first-order chi connectivity index (χ1) is 14.1. The third kappa shape index (κ3) is 8.85. The summed E-state index contributed by atoms with van der Waals surface area (Å²) in [6.07, 6.45) is 0. The summed E-state index contributed by atoms with van der Waals surface area (Å²) in [5, 5.41) is 0. The molecule has 1 aliphatic rings. The second-order valence-corrected chi connectivity index (χ2v) is 5.52. The molecule has 2 aromatic carbocycles. The summed E-state index contributed by atoms with van der Waals surface area (Å²) < 4.78 is 0. The lowest BCUT2D eigenvalue weighted by Crippen LogP contribution is -2.35. The Labute approximate surface area is 182 Å². The molecule has 0 atom stereocenters. The molecule has 0 unspecified atom stereocenters. The number of hydrogen-bond donors (Lipinski definition) is 0. The molecule has 0 aliphatic carbocycles. The van der Waals surface area contributed by atoms with Crippen LogP contribution in [-0.4, -0.2) is 5.91 Å². The van der Waals surface area contributed by atoms with E-state index in [1.54, 1.807) is 0 Å². The third-order valence-corrected chi connectivity index (χ3v) is 3.83. The molecule has 0 N–H and O–H groups in total. The van der Waals surface area contributed by atoms with Gasteiger partial charge >= 0.3 is 0 Å². The van der Waals surface area contributed by atoms with Crippen LogP contribution in [-0.2, 0) is 16.8 Å². The van der Waals surface area contributed by atoms with Gasteiger partial charge in [-0.3, -0.25) is 4.79 Å². The topological polar surface area (TPSA) is 20.3 Å². The maximum atomic E-state index is 12.6. The van der Waals surface area contributed by atoms with Gasteiger partial charge in [-0.15, -0.1) is 0 Å². The Bertz CT molecular complexity index is 617. The van der Waals surface area contributed by atoms with Gasteiger partial charge in [0.05, 0.1) is 12.0 Å². The fourth-order valence-corrected chi connectivity index (χ4v) is 2.72. The quantitative estimate of drug-likeness (QED) is 0.493. The Kier molecular flexibility index (Phi) is 21.0. The van der Waals surface area contributed by atoms with Gasteiger partial charge in [0.25, 0.3) is 0 Å². The SMILES string of the molecule is CC.CC.CC.CC.CC.CC1(C)C(=O)N(Cc2ccccc2)c2ccccc21. The van der Waals surface area contributed by atoms with Gasteiger partial charge in [-0.25, -0.2) is 0 Å².